The van der Waals surface area contributed by atoms with Crippen molar-refractivity contribution in [2.24, 2.45) is 10.9 Å². The molecule has 0 spiro atoms. The van der Waals surface area contributed by atoms with E-state index < -0.39 is 0 Å². The molecule has 0 radical (unpaired) electrons. The molecule has 1 unspecified atom stereocenters. The summed E-state index contributed by atoms with van der Waals surface area (Å²) in [6.45, 7) is 14.1. The van der Waals surface area contributed by atoms with Crippen molar-refractivity contribution in [3.63, 3.8) is 0 Å². The highest BCUT2D eigenvalue weighted by Gasteiger charge is 2.22. The van der Waals surface area contributed by atoms with E-state index in [-0.39, 0.29) is 29.8 Å². The van der Waals surface area contributed by atoms with Gasteiger partial charge in [-0.1, -0.05) is 19.1 Å². The molecule has 2 fully saturated rings. The Kier molecular flexibility index (Phi) is 10.4. The first-order chi connectivity index (χ1) is 13.7. The average molecular weight is 519 g/mol. The third kappa shape index (κ3) is 7.25. The van der Waals surface area contributed by atoms with Crippen molar-refractivity contribution in [1.29, 1.82) is 0 Å². The van der Waals surface area contributed by atoms with Gasteiger partial charge in [0.2, 0.25) is 0 Å². The minimum atomic E-state index is -0.145. The van der Waals surface area contributed by atoms with Crippen LogP contribution in [0, 0.1) is 11.7 Å². The first-order valence-corrected chi connectivity index (χ1v) is 10.5. The Morgan fingerprint density at radius 3 is 2.48 bits per heavy atom. The van der Waals surface area contributed by atoms with Gasteiger partial charge in [-0.25, -0.2) is 4.39 Å². The summed E-state index contributed by atoms with van der Waals surface area (Å²) >= 11 is 0. The maximum atomic E-state index is 14.0. The van der Waals surface area contributed by atoms with Gasteiger partial charge in [0.05, 0.1) is 18.9 Å². The van der Waals surface area contributed by atoms with Crippen molar-refractivity contribution in [3.05, 3.63) is 30.1 Å². The number of anilines is 1. The molecule has 2 saturated heterocycles. The molecule has 0 aliphatic carbocycles. The van der Waals surface area contributed by atoms with Crippen molar-refractivity contribution in [1.82, 2.24) is 15.1 Å². The van der Waals surface area contributed by atoms with Gasteiger partial charge in [0.25, 0.3) is 0 Å². The summed E-state index contributed by atoms with van der Waals surface area (Å²) in [5, 5.41) is 3.43. The summed E-state index contributed by atoms with van der Waals surface area (Å²) in [7, 11) is 0. The Bertz CT molecular complexity index is 633. The lowest BCUT2D eigenvalue weighted by Gasteiger charge is -2.38. The molecule has 2 aliphatic heterocycles. The van der Waals surface area contributed by atoms with Crippen LogP contribution in [0.4, 0.5) is 10.1 Å². The molecule has 29 heavy (non-hydrogen) atoms. The van der Waals surface area contributed by atoms with Crippen LogP contribution in [-0.4, -0.2) is 87.9 Å². The largest absolute Gasteiger partial charge is 0.379 e. The van der Waals surface area contributed by atoms with Gasteiger partial charge in [-0.3, -0.25) is 9.89 Å². The van der Waals surface area contributed by atoms with Crippen LogP contribution in [0.5, 0.6) is 0 Å². The van der Waals surface area contributed by atoms with Crippen molar-refractivity contribution in [2.75, 3.05) is 77.0 Å². The number of para-hydroxylation sites is 1. The highest BCUT2D eigenvalue weighted by atomic mass is 127. The smallest absolute Gasteiger partial charge is 0.194 e. The Labute approximate surface area is 191 Å². The number of ether oxygens (including phenoxy) is 1. The van der Waals surface area contributed by atoms with E-state index in [9.17, 15) is 4.39 Å². The Morgan fingerprint density at radius 2 is 1.83 bits per heavy atom. The molecule has 1 aromatic carbocycles. The minimum absolute atomic E-state index is 0. The lowest BCUT2D eigenvalue weighted by molar-refractivity contribution is 0.0323. The zero-order valence-corrected chi connectivity index (χ0v) is 20.0. The van der Waals surface area contributed by atoms with Gasteiger partial charge in [0.15, 0.2) is 5.96 Å². The van der Waals surface area contributed by atoms with E-state index >= 15 is 0 Å². The Balaban J connectivity index is 0.00000300. The number of rotatable bonds is 6. The number of nitrogens with zero attached hydrogens (tertiary/aromatic N) is 4. The number of nitrogens with one attached hydrogen (secondary N) is 1. The summed E-state index contributed by atoms with van der Waals surface area (Å²) in [6, 6.07) is 7.02. The van der Waals surface area contributed by atoms with Crippen molar-refractivity contribution < 1.29 is 9.13 Å². The number of halogens is 2. The second-order valence-electron chi connectivity index (χ2n) is 7.64. The van der Waals surface area contributed by atoms with E-state index in [0.29, 0.717) is 11.6 Å². The third-order valence-corrected chi connectivity index (χ3v) is 5.33. The fraction of sp³-hybridized carbons (Fsp3) is 0.667. The van der Waals surface area contributed by atoms with Gasteiger partial charge in [-0.15, -0.1) is 24.0 Å². The van der Waals surface area contributed by atoms with Gasteiger partial charge in [0, 0.05) is 58.9 Å². The van der Waals surface area contributed by atoms with Crippen LogP contribution in [-0.2, 0) is 4.74 Å². The van der Waals surface area contributed by atoms with E-state index in [0.717, 1.165) is 78.1 Å². The monoisotopic (exact) mass is 519 g/mol. The van der Waals surface area contributed by atoms with E-state index in [2.05, 4.69) is 33.9 Å². The number of piperazine rings is 1. The maximum absolute atomic E-state index is 14.0. The summed E-state index contributed by atoms with van der Waals surface area (Å²) in [5.41, 5.74) is 0.697. The molecular weight excluding hydrogens is 484 g/mol. The zero-order valence-electron chi connectivity index (χ0n) is 17.6. The minimum Gasteiger partial charge on any atom is -0.379 e. The number of hydrogen-bond acceptors (Lipinski definition) is 4. The molecule has 0 saturated carbocycles. The second kappa shape index (κ2) is 12.5. The molecular formula is C21H35FIN5O. The Hall–Kier alpha value is -1.13. The van der Waals surface area contributed by atoms with Gasteiger partial charge >= 0.3 is 0 Å². The number of morpholine rings is 1. The molecule has 1 aromatic rings. The van der Waals surface area contributed by atoms with E-state index in [4.69, 9.17) is 9.73 Å². The summed E-state index contributed by atoms with van der Waals surface area (Å²) in [4.78, 5) is 11.8. The number of benzene rings is 1. The average Bonchev–Trinajstić information content (AvgIpc) is 2.72. The predicted molar refractivity (Wildman–Crippen MR) is 128 cm³/mol. The predicted octanol–water partition coefficient (Wildman–Crippen LogP) is 2.50. The van der Waals surface area contributed by atoms with Crippen LogP contribution in [0.3, 0.4) is 0 Å². The van der Waals surface area contributed by atoms with Crippen LogP contribution in [0.15, 0.2) is 29.3 Å². The second-order valence-corrected chi connectivity index (χ2v) is 7.64. The highest BCUT2D eigenvalue weighted by Crippen LogP contribution is 2.20. The molecule has 0 aromatic heterocycles. The quantitative estimate of drug-likeness (QED) is 0.356. The molecule has 2 heterocycles. The van der Waals surface area contributed by atoms with Gasteiger partial charge in [-0.05, 0) is 25.0 Å². The van der Waals surface area contributed by atoms with E-state index in [1.54, 1.807) is 6.07 Å². The fourth-order valence-electron chi connectivity index (χ4n) is 3.82. The summed E-state index contributed by atoms with van der Waals surface area (Å²) in [5.74, 6) is 1.34. The SMILES string of the molecule is CCNC(=NCC(C)CN1CCOCC1)N1CCN(c2ccccc2F)CC1.I. The first kappa shape index (κ1) is 24.1. The molecule has 164 valence electrons. The van der Waals surface area contributed by atoms with E-state index in [1.165, 1.54) is 6.07 Å². The Morgan fingerprint density at radius 1 is 1.14 bits per heavy atom. The molecule has 1 atom stereocenters. The topological polar surface area (TPSA) is 43.3 Å². The molecule has 3 rings (SSSR count). The molecule has 1 N–H and O–H groups in total. The van der Waals surface area contributed by atoms with Crippen LogP contribution >= 0.6 is 24.0 Å². The lowest BCUT2D eigenvalue weighted by Crippen LogP contribution is -2.53. The van der Waals surface area contributed by atoms with Gasteiger partial charge in [0.1, 0.15) is 5.82 Å². The summed E-state index contributed by atoms with van der Waals surface area (Å²) < 4.78 is 19.5. The third-order valence-electron chi connectivity index (χ3n) is 5.33. The van der Waals surface area contributed by atoms with Gasteiger partial charge in [-0.2, -0.15) is 0 Å². The normalized spacial score (nSPS) is 19.6. The molecule has 0 amide bonds. The standard InChI is InChI=1S/C21H34FN5O.HI/c1-3-23-21(24-16-18(2)17-25-12-14-28-15-13-25)27-10-8-26(9-11-27)20-7-5-4-6-19(20)22;/h4-7,18H,3,8-17H2,1-2H3,(H,23,24);1H. The molecule has 8 heteroatoms. The number of aliphatic imine (C=N–C) groups is 1. The van der Waals surface area contributed by atoms with Crippen molar-refractivity contribution in [3.8, 4) is 0 Å². The fourth-order valence-corrected chi connectivity index (χ4v) is 3.82. The van der Waals surface area contributed by atoms with E-state index in [1.807, 2.05) is 12.1 Å². The molecule has 6 nitrogen and oxygen atoms in total. The van der Waals surface area contributed by atoms with Crippen LogP contribution in [0.1, 0.15) is 13.8 Å². The lowest BCUT2D eigenvalue weighted by atomic mass is 10.1. The van der Waals surface area contributed by atoms with Gasteiger partial charge < -0.3 is 19.9 Å². The van der Waals surface area contributed by atoms with Crippen LogP contribution in [0.25, 0.3) is 0 Å². The first-order valence-electron chi connectivity index (χ1n) is 10.5. The van der Waals surface area contributed by atoms with Crippen LogP contribution < -0.4 is 10.2 Å². The number of guanidine groups is 1. The molecule has 2 aliphatic rings. The highest BCUT2D eigenvalue weighted by molar-refractivity contribution is 14.0. The van der Waals surface area contributed by atoms with Crippen LogP contribution in [0.2, 0.25) is 0 Å². The summed E-state index contributed by atoms with van der Waals surface area (Å²) in [6.07, 6.45) is 0. The van der Waals surface area contributed by atoms with Crippen molar-refractivity contribution in [2.45, 2.75) is 13.8 Å². The van der Waals surface area contributed by atoms with Crippen molar-refractivity contribution >= 4 is 35.6 Å². The molecule has 0 bridgehead atoms. The number of hydrogen-bond donors (Lipinski definition) is 1. The maximum Gasteiger partial charge on any atom is 0.194 e. The zero-order chi connectivity index (χ0) is 19.8.